The summed E-state index contributed by atoms with van der Waals surface area (Å²) in [6.07, 6.45) is 0.103. The number of hydrogen-bond donors (Lipinski definition) is 1. The van der Waals surface area contributed by atoms with Crippen LogP contribution in [0.25, 0.3) is 11.1 Å². The molecule has 6 nitrogen and oxygen atoms in total. The lowest BCUT2D eigenvalue weighted by molar-refractivity contribution is -0.274. The molecule has 1 aliphatic rings. The summed E-state index contributed by atoms with van der Waals surface area (Å²) in [4.78, 5) is 18.8. The minimum atomic E-state index is -4.80. The Morgan fingerprint density at radius 3 is 2.38 bits per heavy atom. The van der Waals surface area contributed by atoms with E-state index in [4.69, 9.17) is 4.74 Å². The topological polar surface area (TPSA) is 63.7 Å². The van der Waals surface area contributed by atoms with Crippen molar-refractivity contribution in [2.24, 2.45) is 0 Å². The lowest BCUT2D eigenvalue weighted by Gasteiger charge is -2.31. The Labute approximate surface area is 243 Å². The minimum absolute atomic E-state index is 0.140. The molecule has 1 aromatic heterocycles. The highest BCUT2D eigenvalue weighted by Gasteiger charge is 2.31. The number of aromatic nitrogens is 1. The van der Waals surface area contributed by atoms with Crippen LogP contribution in [0.2, 0.25) is 0 Å². The molecule has 0 amide bonds. The molecule has 218 valence electrons. The first kappa shape index (κ1) is 29.1. The van der Waals surface area contributed by atoms with E-state index in [-0.39, 0.29) is 18.1 Å². The van der Waals surface area contributed by atoms with Crippen molar-refractivity contribution < 1.29 is 27.4 Å². The molecule has 0 aliphatic carbocycles. The van der Waals surface area contributed by atoms with Crippen molar-refractivity contribution in [3.63, 3.8) is 0 Å². The second-order valence-electron chi connectivity index (χ2n) is 10.1. The van der Waals surface area contributed by atoms with E-state index in [1.54, 1.807) is 30.6 Å². The number of alkyl halides is 3. The number of benzene rings is 3. The van der Waals surface area contributed by atoms with Crippen LogP contribution in [0.5, 0.6) is 11.5 Å². The molecule has 0 saturated carbocycles. The van der Waals surface area contributed by atoms with Crippen LogP contribution in [-0.4, -0.2) is 43.3 Å². The molecule has 3 aromatic carbocycles. The van der Waals surface area contributed by atoms with Crippen molar-refractivity contribution in [2.75, 3.05) is 31.1 Å². The number of ether oxygens (including phenoxy) is 2. The molecule has 42 heavy (non-hydrogen) atoms. The van der Waals surface area contributed by atoms with Gasteiger partial charge in [-0.25, -0.2) is 0 Å². The molecule has 1 fully saturated rings. The highest BCUT2D eigenvalue weighted by atomic mass is 19.4. The van der Waals surface area contributed by atoms with Crippen LogP contribution < -0.4 is 19.7 Å². The number of nitrogens with one attached hydrogen (secondary N) is 1. The van der Waals surface area contributed by atoms with Gasteiger partial charge in [-0.1, -0.05) is 42.5 Å². The van der Waals surface area contributed by atoms with Gasteiger partial charge in [0.15, 0.2) is 0 Å². The van der Waals surface area contributed by atoms with E-state index in [0.29, 0.717) is 30.6 Å². The number of halogens is 3. The zero-order valence-corrected chi connectivity index (χ0v) is 23.1. The quantitative estimate of drug-likeness (QED) is 0.224. The molecular formula is C33H32F3N3O3. The van der Waals surface area contributed by atoms with Crippen LogP contribution in [0.4, 0.5) is 18.9 Å². The molecule has 0 atom stereocenters. The van der Waals surface area contributed by atoms with Crippen LogP contribution in [0, 0.1) is 0 Å². The maximum atomic E-state index is 13.1. The molecule has 5 rings (SSSR count). The van der Waals surface area contributed by atoms with Crippen LogP contribution in [0.1, 0.15) is 23.1 Å². The van der Waals surface area contributed by atoms with Gasteiger partial charge >= 0.3 is 6.36 Å². The SMILES string of the molecule is O=C(CCc1cccnc1)Cc1ccc(OCc2ccc(OC(F)(F)F)cc2-c2ccccc2N2CCNCC2)cc1. The number of ketones is 1. The van der Waals surface area contributed by atoms with Crippen LogP contribution in [-0.2, 0) is 24.2 Å². The highest BCUT2D eigenvalue weighted by molar-refractivity contribution is 5.82. The lowest BCUT2D eigenvalue weighted by Crippen LogP contribution is -2.43. The fourth-order valence-electron chi connectivity index (χ4n) is 5.02. The second kappa shape index (κ2) is 13.5. The number of aryl methyl sites for hydroxylation is 1. The van der Waals surface area contributed by atoms with Crippen molar-refractivity contribution in [1.29, 1.82) is 0 Å². The van der Waals surface area contributed by atoms with Gasteiger partial charge in [-0.2, -0.15) is 0 Å². The van der Waals surface area contributed by atoms with Gasteiger partial charge in [0, 0.05) is 62.7 Å². The van der Waals surface area contributed by atoms with E-state index in [1.165, 1.54) is 12.1 Å². The summed E-state index contributed by atoms with van der Waals surface area (Å²) < 4.78 is 49.5. The number of para-hydroxylation sites is 1. The maximum absolute atomic E-state index is 13.1. The first-order valence-electron chi connectivity index (χ1n) is 13.9. The number of piperazine rings is 1. The number of pyridine rings is 1. The number of anilines is 1. The molecule has 2 heterocycles. The van der Waals surface area contributed by atoms with Gasteiger partial charge in [0.05, 0.1) is 0 Å². The van der Waals surface area contributed by atoms with Crippen molar-refractivity contribution in [3.8, 4) is 22.6 Å². The molecule has 4 aromatic rings. The molecule has 9 heteroatoms. The van der Waals surface area contributed by atoms with Crippen molar-refractivity contribution in [1.82, 2.24) is 10.3 Å². The Morgan fingerprint density at radius 2 is 1.64 bits per heavy atom. The van der Waals surface area contributed by atoms with Crippen molar-refractivity contribution >= 4 is 11.5 Å². The summed E-state index contributed by atoms with van der Waals surface area (Å²) in [6, 6.07) is 23.2. The summed E-state index contributed by atoms with van der Waals surface area (Å²) in [6.45, 7) is 3.38. The minimum Gasteiger partial charge on any atom is -0.489 e. The normalized spacial score (nSPS) is 13.5. The lowest BCUT2D eigenvalue weighted by atomic mass is 9.97. The Kier molecular flexibility index (Phi) is 9.38. The maximum Gasteiger partial charge on any atom is 0.573 e. The summed E-state index contributed by atoms with van der Waals surface area (Å²) >= 11 is 0. The first-order valence-corrected chi connectivity index (χ1v) is 13.9. The van der Waals surface area contributed by atoms with E-state index < -0.39 is 6.36 Å². The van der Waals surface area contributed by atoms with Crippen molar-refractivity contribution in [2.45, 2.75) is 32.2 Å². The average molecular weight is 576 g/mol. The Hall–Kier alpha value is -4.37. The molecule has 0 radical (unpaired) electrons. The Morgan fingerprint density at radius 1 is 0.881 bits per heavy atom. The predicted octanol–water partition coefficient (Wildman–Crippen LogP) is 6.38. The number of carbonyl (C=O) groups is 1. The fourth-order valence-corrected chi connectivity index (χ4v) is 5.02. The molecule has 0 bridgehead atoms. The summed E-state index contributed by atoms with van der Waals surface area (Å²) in [5, 5.41) is 3.33. The third-order valence-electron chi connectivity index (χ3n) is 7.10. The number of carbonyl (C=O) groups excluding carboxylic acids is 1. The molecule has 1 N–H and O–H groups in total. The molecule has 1 aliphatic heterocycles. The van der Waals surface area contributed by atoms with Gasteiger partial charge in [0.2, 0.25) is 0 Å². The van der Waals surface area contributed by atoms with E-state index >= 15 is 0 Å². The summed E-state index contributed by atoms with van der Waals surface area (Å²) in [5.41, 5.74) is 5.01. The van der Waals surface area contributed by atoms with E-state index in [0.717, 1.165) is 54.1 Å². The number of nitrogens with zero attached hydrogens (tertiary/aromatic N) is 2. The number of rotatable bonds is 11. The van der Waals surface area contributed by atoms with Gasteiger partial charge in [-0.05, 0) is 65.1 Å². The summed E-state index contributed by atoms with van der Waals surface area (Å²) in [5.74, 6) is 0.453. The molecule has 1 saturated heterocycles. The van der Waals surface area contributed by atoms with E-state index in [1.807, 2.05) is 48.5 Å². The zero-order valence-electron chi connectivity index (χ0n) is 23.1. The van der Waals surface area contributed by atoms with E-state index in [2.05, 4.69) is 19.9 Å². The average Bonchev–Trinajstić information content (AvgIpc) is 3.00. The fraction of sp³-hybridized carbons (Fsp3) is 0.273. The predicted molar refractivity (Wildman–Crippen MR) is 156 cm³/mol. The van der Waals surface area contributed by atoms with Crippen LogP contribution >= 0.6 is 0 Å². The highest BCUT2D eigenvalue weighted by Crippen LogP contribution is 2.37. The summed E-state index contributed by atoms with van der Waals surface area (Å²) in [7, 11) is 0. The molecule has 0 spiro atoms. The van der Waals surface area contributed by atoms with Gasteiger partial charge < -0.3 is 19.7 Å². The van der Waals surface area contributed by atoms with Crippen LogP contribution in [0.15, 0.2) is 91.3 Å². The molecule has 0 unspecified atom stereocenters. The van der Waals surface area contributed by atoms with Gasteiger partial charge in [-0.3, -0.25) is 9.78 Å². The number of Topliss-reactive ketones (excluding diaryl/α,β-unsaturated/α-hetero) is 1. The van der Waals surface area contributed by atoms with Crippen molar-refractivity contribution in [3.05, 3.63) is 108 Å². The molecular weight excluding hydrogens is 543 g/mol. The Balaban J connectivity index is 1.30. The zero-order chi connectivity index (χ0) is 29.4. The first-order chi connectivity index (χ1) is 20.3. The van der Waals surface area contributed by atoms with E-state index in [9.17, 15) is 18.0 Å². The largest absolute Gasteiger partial charge is 0.573 e. The van der Waals surface area contributed by atoms with Gasteiger partial charge in [-0.15, -0.1) is 13.2 Å². The standard InChI is InChI=1S/C33H32F3N3O3/c34-33(35,36)42-29-14-10-26(31(21-29)30-5-1-2-6-32(30)39-18-16-37-17-19-39)23-41-28-12-8-24(9-13-28)20-27(40)11-7-25-4-3-15-38-22-25/h1-6,8-10,12-15,21-22,37H,7,11,16-20,23H2. The third kappa shape index (κ3) is 8.10. The van der Waals surface area contributed by atoms with Gasteiger partial charge in [0.25, 0.3) is 0 Å². The third-order valence-corrected chi connectivity index (χ3v) is 7.10. The second-order valence-corrected chi connectivity index (χ2v) is 10.1. The smallest absolute Gasteiger partial charge is 0.489 e. The number of hydrogen-bond acceptors (Lipinski definition) is 6. The van der Waals surface area contributed by atoms with Gasteiger partial charge in [0.1, 0.15) is 23.9 Å². The monoisotopic (exact) mass is 575 g/mol. The Bertz CT molecular complexity index is 1470. The van der Waals surface area contributed by atoms with Crippen LogP contribution in [0.3, 0.4) is 0 Å².